The average molecular weight is 255 g/mol. The third-order valence-corrected chi connectivity index (χ3v) is 3.95. The molecule has 1 aliphatic carbocycles. The molecule has 3 nitrogen and oxygen atoms in total. The molecule has 1 fully saturated rings. The van der Waals surface area contributed by atoms with Crippen molar-refractivity contribution in [3.05, 3.63) is 0 Å². The highest BCUT2D eigenvalue weighted by molar-refractivity contribution is 5.68. The first-order valence-corrected chi connectivity index (χ1v) is 7.22. The van der Waals surface area contributed by atoms with Crippen LogP contribution in [0, 0.1) is 11.8 Å². The summed E-state index contributed by atoms with van der Waals surface area (Å²) in [5.74, 6) is 1.19. The van der Waals surface area contributed by atoms with Gasteiger partial charge in [0.05, 0.1) is 0 Å². The number of hydrogen-bond acceptors (Lipinski definition) is 2. The Balaban J connectivity index is 2.73. The Bertz CT molecular complexity index is 283. The van der Waals surface area contributed by atoms with Gasteiger partial charge in [-0.05, 0) is 45.4 Å². The standard InChI is InChI=1S/C15H29NO2/c1-7-12-10-8-9-11(2)13(12)16(6)14(17)18-15(3,4)5/h11-13H,7-10H2,1-6H3. The summed E-state index contributed by atoms with van der Waals surface area (Å²) in [7, 11) is 1.89. The van der Waals surface area contributed by atoms with E-state index in [1.165, 1.54) is 19.3 Å². The lowest BCUT2D eigenvalue weighted by atomic mass is 9.76. The topological polar surface area (TPSA) is 29.5 Å². The van der Waals surface area contributed by atoms with E-state index in [1.54, 1.807) is 0 Å². The van der Waals surface area contributed by atoms with Crippen molar-refractivity contribution in [1.82, 2.24) is 4.90 Å². The van der Waals surface area contributed by atoms with Crippen molar-refractivity contribution < 1.29 is 9.53 Å². The van der Waals surface area contributed by atoms with E-state index in [9.17, 15) is 4.79 Å². The molecule has 1 amide bonds. The van der Waals surface area contributed by atoms with Gasteiger partial charge < -0.3 is 9.64 Å². The number of amides is 1. The van der Waals surface area contributed by atoms with Crippen molar-refractivity contribution >= 4 is 6.09 Å². The molecule has 106 valence electrons. The van der Waals surface area contributed by atoms with Crippen LogP contribution in [0.3, 0.4) is 0 Å². The Morgan fingerprint density at radius 1 is 1.33 bits per heavy atom. The largest absolute Gasteiger partial charge is 0.444 e. The van der Waals surface area contributed by atoms with Gasteiger partial charge >= 0.3 is 6.09 Å². The Morgan fingerprint density at radius 2 is 1.94 bits per heavy atom. The summed E-state index contributed by atoms with van der Waals surface area (Å²) in [6.07, 6.45) is 4.70. The zero-order valence-corrected chi connectivity index (χ0v) is 12.8. The van der Waals surface area contributed by atoms with Crippen molar-refractivity contribution in [2.24, 2.45) is 11.8 Å². The monoisotopic (exact) mass is 255 g/mol. The number of ether oxygens (including phenoxy) is 1. The molecule has 0 radical (unpaired) electrons. The van der Waals surface area contributed by atoms with Crippen LogP contribution in [0.1, 0.15) is 60.3 Å². The molecule has 0 bridgehead atoms. The molecule has 0 heterocycles. The summed E-state index contributed by atoms with van der Waals surface area (Å²) in [6, 6.07) is 0.332. The summed E-state index contributed by atoms with van der Waals surface area (Å²) >= 11 is 0. The van der Waals surface area contributed by atoms with Crippen molar-refractivity contribution in [1.29, 1.82) is 0 Å². The van der Waals surface area contributed by atoms with E-state index in [0.717, 1.165) is 6.42 Å². The van der Waals surface area contributed by atoms with Gasteiger partial charge in [0.1, 0.15) is 5.60 Å². The van der Waals surface area contributed by atoms with Crippen molar-refractivity contribution in [3.63, 3.8) is 0 Å². The fourth-order valence-corrected chi connectivity index (χ4v) is 3.11. The minimum absolute atomic E-state index is 0.181. The van der Waals surface area contributed by atoms with Crippen LogP contribution in [0.25, 0.3) is 0 Å². The molecule has 0 spiro atoms. The maximum absolute atomic E-state index is 12.2. The van der Waals surface area contributed by atoms with Gasteiger partial charge in [0, 0.05) is 13.1 Å². The van der Waals surface area contributed by atoms with Gasteiger partial charge in [-0.1, -0.05) is 26.7 Å². The highest BCUT2D eigenvalue weighted by atomic mass is 16.6. The van der Waals surface area contributed by atoms with Gasteiger partial charge in [-0.15, -0.1) is 0 Å². The predicted molar refractivity (Wildman–Crippen MR) is 74.6 cm³/mol. The second-order valence-corrected chi connectivity index (χ2v) is 6.66. The SMILES string of the molecule is CCC1CCCC(C)C1N(C)C(=O)OC(C)(C)C. The molecule has 3 unspecified atom stereocenters. The summed E-state index contributed by atoms with van der Waals surface area (Å²) < 4.78 is 5.48. The third-order valence-electron chi connectivity index (χ3n) is 3.95. The van der Waals surface area contributed by atoms with Gasteiger partial charge in [0.25, 0.3) is 0 Å². The Hall–Kier alpha value is -0.730. The van der Waals surface area contributed by atoms with Gasteiger partial charge in [-0.25, -0.2) is 4.79 Å². The van der Waals surface area contributed by atoms with E-state index in [4.69, 9.17) is 4.74 Å². The molecule has 1 saturated carbocycles. The molecule has 0 aromatic rings. The third kappa shape index (κ3) is 3.89. The van der Waals surface area contributed by atoms with Crippen LogP contribution in [0.4, 0.5) is 4.79 Å². The molecule has 3 atom stereocenters. The fraction of sp³-hybridized carbons (Fsp3) is 0.933. The number of rotatable bonds is 2. The van der Waals surface area contributed by atoms with Crippen LogP contribution >= 0.6 is 0 Å². The number of carbonyl (C=O) groups excluding carboxylic acids is 1. The fourth-order valence-electron chi connectivity index (χ4n) is 3.11. The van der Waals surface area contributed by atoms with Crippen LogP contribution in [0.2, 0.25) is 0 Å². The lowest BCUT2D eigenvalue weighted by Gasteiger charge is -2.42. The van der Waals surface area contributed by atoms with Crippen LogP contribution in [0.5, 0.6) is 0 Å². The molecule has 3 heteroatoms. The first-order valence-electron chi connectivity index (χ1n) is 7.22. The Morgan fingerprint density at radius 3 is 2.44 bits per heavy atom. The van der Waals surface area contributed by atoms with Crippen LogP contribution in [-0.2, 0) is 4.74 Å². The molecule has 1 rings (SSSR count). The van der Waals surface area contributed by atoms with E-state index in [-0.39, 0.29) is 6.09 Å². The van der Waals surface area contributed by atoms with E-state index in [2.05, 4.69) is 13.8 Å². The van der Waals surface area contributed by atoms with E-state index in [1.807, 2.05) is 32.7 Å². The zero-order valence-electron chi connectivity index (χ0n) is 12.8. The highest BCUT2D eigenvalue weighted by Crippen LogP contribution is 2.34. The number of hydrogen-bond donors (Lipinski definition) is 0. The normalized spacial score (nSPS) is 28.9. The molecule has 0 N–H and O–H groups in total. The van der Waals surface area contributed by atoms with Crippen molar-refractivity contribution in [2.45, 2.75) is 71.9 Å². The van der Waals surface area contributed by atoms with Gasteiger partial charge in [0.15, 0.2) is 0 Å². The number of nitrogens with zero attached hydrogens (tertiary/aromatic N) is 1. The highest BCUT2D eigenvalue weighted by Gasteiger charge is 2.36. The molecule has 1 aliphatic rings. The van der Waals surface area contributed by atoms with E-state index >= 15 is 0 Å². The maximum atomic E-state index is 12.2. The maximum Gasteiger partial charge on any atom is 0.410 e. The van der Waals surface area contributed by atoms with Crippen molar-refractivity contribution in [2.75, 3.05) is 7.05 Å². The van der Waals surface area contributed by atoms with Gasteiger partial charge in [-0.3, -0.25) is 0 Å². The Kier molecular flexibility index (Phi) is 5.06. The first kappa shape index (κ1) is 15.3. The summed E-state index contributed by atoms with van der Waals surface area (Å²) in [6.45, 7) is 10.2. The van der Waals surface area contributed by atoms with Gasteiger partial charge in [0.2, 0.25) is 0 Å². The quantitative estimate of drug-likeness (QED) is 0.744. The van der Waals surface area contributed by atoms with Gasteiger partial charge in [-0.2, -0.15) is 0 Å². The van der Waals surface area contributed by atoms with Crippen LogP contribution in [0.15, 0.2) is 0 Å². The molecule has 0 aromatic carbocycles. The van der Waals surface area contributed by atoms with Crippen LogP contribution < -0.4 is 0 Å². The second-order valence-electron chi connectivity index (χ2n) is 6.66. The molecule has 0 aromatic heterocycles. The second kappa shape index (κ2) is 5.94. The predicted octanol–water partition coefficient (Wildman–Crippen LogP) is 4.07. The molecule has 18 heavy (non-hydrogen) atoms. The van der Waals surface area contributed by atoms with E-state index in [0.29, 0.717) is 17.9 Å². The van der Waals surface area contributed by atoms with Crippen molar-refractivity contribution in [3.8, 4) is 0 Å². The summed E-state index contributed by atoms with van der Waals surface area (Å²) in [5.41, 5.74) is -0.412. The molecule has 0 aliphatic heterocycles. The molecular formula is C15H29NO2. The first-order chi connectivity index (χ1) is 8.26. The molecular weight excluding hydrogens is 226 g/mol. The number of carbonyl (C=O) groups is 1. The van der Waals surface area contributed by atoms with E-state index < -0.39 is 5.60 Å². The average Bonchev–Trinajstić information content (AvgIpc) is 2.25. The smallest absolute Gasteiger partial charge is 0.410 e. The lowest BCUT2D eigenvalue weighted by Crippen LogP contribution is -2.49. The Labute approximate surface area is 112 Å². The lowest BCUT2D eigenvalue weighted by molar-refractivity contribution is 0.00194. The van der Waals surface area contributed by atoms with Crippen LogP contribution in [-0.4, -0.2) is 29.7 Å². The minimum Gasteiger partial charge on any atom is -0.444 e. The summed E-state index contributed by atoms with van der Waals surface area (Å²) in [4.78, 5) is 14.0. The molecule has 0 saturated heterocycles. The zero-order chi connectivity index (χ0) is 13.9. The minimum atomic E-state index is -0.412. The summed E-state index contributed by atoms with van der Waals surface area (Å²) in [5, 5.41) is 0.